The second-order valence-corrected chi connectivity index (χ2v) is 10.2. The van der Waals surface area contributed by atoms with E-state index in [1.165, 1.54) is 0 Å². The highest BCUT2D eigenvalue weighted by Gasteiger charge is 2.27. The molecule has 186 valence electrons. The fraction of sp³-hybridized carbons (Fsp3) is 0.481. The van der Waals surface area contributed by atoms with Crippen molar-refractivity contribution >= 4 is 27.7 Å². The molecule has 7 heteroatoms. The lowest BCUT2D eigenvalue weighted by Crippen LogP contribution is -2.49. The topological polar surface area (TPSA) is 67.9 Å². The van der Waals surface area contributed by atoms with E-state index in [9.17, 15) is 9.59 Å². The molecule has 0 aliphatic rings. The van der Waals surface area contributed by atoms with E-state index < -0.39 is 6.04 Å². The maximum atomic E-state index is 13.3. The van der Waals surface area contributed by atoms with E-state index in [1.54, 1.807) is 18.9 Å². The lowest BCUT2D eigenvalue weighted by atomic mass is 9.87. The molecule has 6 nitrogen and oxygen atoms in total. The van der Waals surface area contributed by atoms with Crippen molar-refractivity contribution in [2.24, 2.45) is 0 Å². The minimum absolute atomic E-state index is 0.00494. The van der Waals surface area contributed by atoms with Gasteiger partial charge in [-0.1, -0.05) is 52.3 Å². The van der Waals surface area contributed by atoms with E-state index in [0.717, 1.165) is 28.4 Å². The molecule has 2 amide bonds. The van der Waals surface area contributed by atoms with Crippen molar-refractivity contribution in [3.8, 4) is 11.5 Å². The Labute approximate surface area is 212 Å². The molecule has 1 unspecified atom stereocenters. The molecule has 0 aliphatic carbocycles. The number of ether oxygens (including phenoxy) is 2. The molecular formula is C27H37BrN2O4. The number of unbranched alkanes of at least 4 members (excludes halogenated alkanes) is 1. The zero-order valence-electron chi connectivity index (χ0n) is 21.1. The zero-order valence-corrected chi connectivity index (χ0v) is 22.7. The smallest absolute Gasteiger partial charge is 0.261 e. The number of nitrogens with zero attached hydrogens (tertiary/aromatic N) is 1. The molecule has 2 aromatic rings. The summed E-state index contributed by atoms with van der Waals surface area (Å²) in [4.78, 5) is 27.6. The van der Waals surface area contributed by atoms with Gasteiger partial charge in [0, 0.05) is 13.1 Å². The molecule has 0 bridgehead atoms. The Balaban J connectivity index is 2.18. The predicted octanol–water partition coefficient (Wildman–Crippen LogP) is 5.47. The number of methoxy groups -OCH3 is 1. The van der Waals surface area contributed by atoms with Gasteiger partial charge in [-0.3, -0.25) is 9.59 Å². The van der Waals surface area contributed by atoms with Gasteiger partial charge in [-0.2, -0.15) is 0 Å². The van der Waals surface area contributed by atoms with Gasteiger partial charge in [0.25, 0.3) is 5.91 Å². The molecule has 0 saturated heterocycles. The van der Waals surface area contributed by atoms with Crippen LogP contribution < -0.4 is 14.8 Å². The van der Waals surface area contributed by atoms with Crippen molar-refractivity contribution in [2.45, 2.75) is 65.5 Å². The van der Waals surface area contributed by atoms with Crippen LogP contribution in [-0.4, -0.2) is 43.0 Å². The molecule has 0 heterocycles. The average molecular weight is 534 g/mol. The number of halogens is 1. The first-order valence-electron chi connectivity index (χ1n) is 11.7. The monoisotopic (exact) mass is 532 g/mol. The molecule has 2 rings (SSSR count). The van der Waals surface area contributed by atoms with Crippen molar-refractivity contribution < 1.29 is 19.1 Å². The summed E-state index contributed by atoms with van der Waals surface area (Å²) < 4.78 is 12.0. The molecule has 0 aliphatic heterocycles. The van der Waals surface area contributed by atoms with Crippen LogP contribution in [0, 0.1) is 0 Å². The van der Waals surface area contributed by atoms with E-state index >= 15 is 0 Å². The Hall–Kier alpha value is -2.54. The first kappa shape index (κ1) is 27.7. The molecule has 0 spiro atoms. The second-order valence-electron chi connectivity index (χ2n) is 9.38. The number of nitrogens with one attached hydrogen (secondary N) is 1. The fourth-order valence-corrected chi connectivity index (χ4v) is 3.89. The first-order valence-corrected chi connectivity index (χ1v) is 12.5. The number of carbonyl (C=O) groups is 2. The summed E-state index contributed by atoms with van der Waals surface area (Å²) in [5, 5.41) is 2.92. The van der Waals surface area contributed by atoms with Crippen LogP contribution in [0.25, 0.3) is 0 Å². The molecule has 0 aromatic heterocycles. The highest BCUT2D eigenvalue weighted by molar-refractivity contribution is 9.10. The number of hydrogen-bond acceptors (Lipinski definition) is 4. The van der Waals surface area contributed by atoms with E-state index in [0.29, 0.717) is 18.0 Å². The minimum Gasteiger partial charge on any atom is -0.497 e. The molecule has 0 saturated carbocycles. The van der Waals surface area contributed by atoms with Crippen LogP contribution in [0.1, 0.15) is 58.6 Å². The van der Waals surface area contributed by atoms with Gasteiger partial charge in [0.1, 0.15) is 17.5 Å². The van der Waals surface area contributed by atoms with Crippen molar-refractivity contribution in [3.05, 3.63) is 58.1 Å². The average Bonchev–Trinajstić information content (AvgIpc) is 2.80. The summed E-state index contributed by atoms with van der Waals surface area (Å²) in [7, 11) is 1.60. The van der Waals surface area contributed by atoms with Crippen molar-refractivity contribution in [1.29, 1.82) is 0 Å². The normalized spacial score (nSPS) is 12.1. The Morgan fingerprint density at radius 1 is 1.15 bits per heavy atom. The quantitative estimate of drug-likeness (QED) is 0.389. The van der Waals surface area contributed by atoms with Crippen molar-refractivity contribution in [1.82, 2.24) is 10.2 Å². The fourth-order valence-electron chi connectivity index (χ4n) is 3.39. The number of amides is 2. The summed E-state index contributed by atoms with van der Waals surface area (Å²) in [6.07, 6.45) is 1.88. The summed E-state index contributed by atoms with van der Waals surface area (Å²) in [5.74, 6) is 0.833. The Morgan fingerprint density at radius 2 is 1.88 bits per heavy atom. The lowest BCUT2D eigenvalue weighted by molar-refractivity contribution is -0.142. The Morgan fingerprint density at radius 3 is 2.50 bits per heavy atom. The standard InChI is InChI=1S/C27H37BrN2O4/c1-7-8-14-29-26(32)19(2)30(17-20-10-9-11-22(15-20)33-6)25(31)18-34-24-13-12-21(16-23(24)28)27(3,4)5/h9-13,15-16,19H,7-8,14,17-18H2,1-6H3,(H,29,32). The number of hydrogen-bond donors (Lipinski definition) is 1. The summed E-state index contributed by atoms with van der Waals surface area (Å²) in [6.45, 7) is 10.9. The maximum absolute atomic E-state index is 13.3. The van der Waals surface area contributed by atoms with Gasteiger partial charge < -0.3 is 19.7 Å². The largest absolute Gasteiger partial charge is 0.497 e. The summed E-state index contributed by atoms with van der Waals surface area (Å²) in [6, 6.07) is 12.7. The molecule has 34 heavy (non-hydrogen) atoms. The third-order valence-electron chi connectivity index (χ3n) is 5.63. The van der Waals surface area contributed by atoms with Gasteiger partial charge in [-0.15, -0.1) is 0 Å². The van der Waals surface area contributed by atoms with E-state index in [4.69, 9.17) is 9.47 Å². The van der Waals surface area contributed by atoms with Crippen LogP contribution in [-0.2, 0) is 21.5 Å². The van der Waals surface area contributed by atoms with Gasteiger partial charge in [0.15, 0.2) is 6.61 Å². The second kappa shape index (κ2) is 12.8. The highest BCUT2D eigenvalue weighted by atomic mass is 79.9. The van der Waals surface area contributed by atoms with E-state index in [1.807, 2.05) is 42.5 Å². The molecular weight excluding hydrogens is 496 g/mol. The van der Waals surface area contributed by atoms with Crippen LogP contribution >= 0.6 is 15.9 Å². The summed E-state index contributed by atoms with van der Waals surface area (Å²) in [5.41, 5.74) is 2.04. The number of benzene rings is 2. The molecule has 0 radical (unpaired) electrons. The molecule has 1 atom stereocenters. The van der Waals surface area contributed by atoms with E-state index in [2.05, 4.69) is 48.9 Å². The first-order chi connectivity index (χ1) is 16.1. The van der Waals surface area contributed by atoms with Crippen LogP contribution in [0.4, 0.5) is 0 Å². The van der Waals surface area contributed by atoms with Crippen molar-refractivity contribution in [3.63, 3.8) is 0 Å². The maximum Gasteiger partial charge on any atom is 0.261 e. The summed E-state index contributed by atoms with van der Waals surface area (Å²) >= 11 is 3.56. The molecule has 1 N–H and O–H groups in total. The van der Waals surface area contributed by atoms with Gasteiger partial charge in [-0.05, 0) is 70.1 Å². The van der Waals surface area contributed by atoms with Gasteiger partial charge >= 0.3 is 0 Å². The van der Waals surface area contributed by atoms with Crippen molar-refractivity contribution in [2.75, 3.05) is 20.3 Å². The lowest BCUT2D eigenvalue weighted by Gasteiger charge is -2.29. The SMILES string of the molecule is CCCCNC(=O)C(C)N(Cc1cccc(OC)c1)C(=O)COc1ccc(C(C)(C)C)cc1Br. The number of carbonyl (C=O) groups excluding carboxylic acids is 2. The van der Waals surface area contributed by atoms with E-state index in [-0.39, 0.29) is 30.4 Å². The van der Waals surface area contributed by atoms with Gasteiger partial charge in [-0.25, -0.2) is 0 Å². The minimum atomic E-state index is -0.647. The van der Waals surface area contributed by atoms with Crippen LogP contribution in [0.2, 0.25) is 0 Å². The third kappa shape index (κ3) is 8.05. The molecule has 2 aromatic carbocycles. The number of rotatable bonds is 11. The van der Waals surface area contributed by atoms with Crippen LogP contribution in [0.15, 0.2) is 46.9 Å². The zero-order chi connectivity index (χ0) is 25.3. The van der Waals surface area contributed by atoms with Crippen LogP contribution in [0.5, 0.6) is 11.5 Å². The van der Waals surface area contributed by atoms with Gasteiger partial charge in [0.2, 0.25) is 5.91 Å². The third-order valence-corrected chi connectivity index (χ3v) is 6.25. The van der Waals surface area contributed by atoms with Crippen LogP contribution in [0.3, 0.4) is 0 Å². The van der Waals surface area contributed by atoms with Gasteiger partial charge in [0.05, 0.1) is 11.6 Å². The molecule has 0 fully saturated rings. The Kier molecular flexibility index (Phi) is 10.4. The highest BCUT2D eigenvalue weighted by Crippen LogP contribution is 2.31. The predicted molar refractivity (Wildman–Crippen MR) is 139 cm³/mol. The Bertz CT molecular complexity index is 971.